The van der Waals surface area contributed by atoms with E-state index in [1.54, 1.807) is 0 Å². The predicted molar refractivity (Wildman–Crippen MR) is 76.6 cm³/mol. The van der Waals surface area contributed by atoms with Crippen LogP contribution in [-0.4, -0.2) is 31.9 Å². The summed E-state index contributed by atoms with van der Waals surface area (Å²) in [6.45, 7) is 4.33. The molecule has 2 unspecified atom stereocenters. The molecule has 19 heavy (non-hydrogen) atoms. The van der Waals surface area contributed by atoms with E-state index in [2.05, 4.69) is 36.5 Å². The van der Waals surface area contributed by atoms with Crippen LogP contribution in [0, 0.1) is 0 Å². The van der Waals surface area contributed by atoms with E-state index in [-0.39, 0.29) is 6.04 Å². The van der Waals surface area contributed by atoms with E-state index in [1.807, 2.05) is 18.2 Å². The zero-order valence-electron chi connectivity index (χ0n) is 11.1. The van der Waals surface area contributed by atoms with Gasteiger partial charge >= 0.3 is 0 Å². The maximum Gasteiger partial charge on any atom is 0.120 e. The summed E-state index contributed by atoms with van der Waals surface area (Å²) < 4.78 is 11.5. The molecule has 2 aromatic carbocycles. The van der Waals surface area contributed by atoms with Crippen LogP contribution in [0.1, 0.15) is 6.92 Å². The average Bonchev–Trinajstić information content (AvgIpc) is 2.46. The van der Waals surface area contributed by atoms with Crippen LogP contribution in [0.25, 0.3) is 10.8 Å². The van der Waals surface area contributed by atoms with Crippen LogP contribution in [0.15, 0.2) is 42.5 Å². The SMILES string of the molecule is CC1CNC(COc2ccc3ccccc3c2)CO1. The molecule has 1 N–H and O–H groups in total. The summed E-state index contributed by atoms with van der Waals surface area (Å²) in [4.78, 5) is 0. The topological polar surface area (TPSA) is 30.5 Å². The minimum Gasteiger partial charge on any atom is -0.492 e. The molecule has 0 aliphatic carbocycles. The summed E-state index contributed by atoms with van der Waals surface area (Å²) in [6.07, 6.45) is 0.303. The van der Waals surface area contributed by atoms with Crippen molar-refractivity contribution in [2.45, 2.75) is 19.1 Å². The van der Waals surface area contributed by atoms with Gasteiger partial charge in [0.25, 0.3) is 0 Å². The molecule has 2 atom stereocenters. The van der Waals surface area contributed by atoms with Gasteiger partial charge in [-0.1, -0.05) is 30.3 Å². The molecule has 3 heteroatoms. The summed E-state index contributed by atoms with van der Waals surface area (Å²) in [7, 11) is 0. The zero-order chi connectivity index (χ0) is 13.1. The van der Waals surface area contributed by atoms with Gasteiger partial charge < -0.3 is 14.8 Å². The lowest BCUT2D eigenvalue weighted by atomic mass is 10.1. The molecule has 2 aromatic rings. The fourth-order valence-corrected chi connectivity index (χ4v) is 2.29. The molecule has 0 spiro atoms. The van der Waals surface area contributed by atoms with Crippen molar-refractivity contribution in [2.24, 2.45) is 0 Å². The van der Waals surface area contributed by atoms with Crippen LogP contribution < -0.4 is 10.1 Å². The molecule has 1 heterocycles. The normalized spacial score (nSPS) is 23.4. The van der Waals surface area contributed by atoms with Crippen molar-refractivity contribution in [3.63, 3.8) is 0 Å². The molecule has 1 aliphatic heterocycles. The van der Waals surface area contributed by atoms with Crippen molar-refractivity contribution >= 4 is 10.8 Å². The largest absolute Gasteiger partial charge is 0.492 e. The van der Waals surface area contributed by atoms with Crippen molar-refractivity contribution in [3.8, 4) is 5.75 Å². The summed E-state index contributed by atoms with van der Waals surface area (Å²) in [5.74, 6) is 0.916. The van der Waals surface area contributed by atoms with Crippen molar-refractivity contribution < 1.29 is 9.47 Å². The summed E-state index contributed by atoms with van der Waals surface area (Å²) >= 11 is 0. The zero-order valence-corrected chi connectivity index (χ0v) is 11.1. The van der Waals surface area contributed by atoms with Crippen LogP contribution >= 0.6 is 0 Å². The van der Waals surface area contributed by atoms with Gasteiger partial charge in [-0.15, -0.1) is 0 Å². The quantitative estimate of drug-likeness (QED) is 0.916. The summed E-state index contributed by atoms with van der Waals surface area (Å²) in [6, 6.07) is 14.8. The fourth-order valence-electron chi connectivity index (χ4n) is 2.29. The first-order chi connectivity index (χ1) is 9.31. The molecule has 0 amide bonds. The number of fused-ring (bicyclic) bond motifs is 1. The number of nitrogens with one attached hydrogen (secondary N) is 1. The molecule has 0 radical (unpaired) electrons. The van der Waals surface area contributed by atoms with E-state index in [1.165, 1.54) is 10.8 Å². The Bertz CT molecular complexity index is 547. The Kier molecular flexibility index (Phi) is 3.67. The molecule has 0 aromatic heterocycles. The second-order valence-corrected chi connectivity index (χ2v) is 5.07. The number of hydrogen-bond donors (Lipinski definition) is 1. The molecule has 1 fully saturated rings. The molecule has 0 saturated carbocycles. The highest BCUT2D eigenvalue weighted by atomic mass is 16.5. The molecular formula is C16H19NO2. The Morgan fingerprint density at radius 1 is 1.21 bits per heavy atom. The number of morpholine rings is 1. The third-order valence-electron chi connectivity index (χ3n) is 3.45. The maximum absolute atomic E-state index is 5.85. The number of benzene rings is 2. The maximum atomic E-state index is 5.85. The van der Waals surface area contributed by atoms with Gasteiger partial charge in [-0.3, -0.25) is 0 Å². The van der Waals surface area contributed by atoms with Crippen molar-refractivity contribution in [1.29, 1.82) is 0 Å². The first-order valence-electron chi connectivity index (χ1n) is 6.78. The van der Waals surface area contributed by atoms with Gasteiger partial charge in [0.1, 0.15) is 12.4 Å². The van der Waals surface area contributed by atoms with E-state index >= 15 is 0 Å². The van der Waals surface area contributed by atoms with Crippen molar-refractivity contribution in [2.75, 3.05) is 19.8 Å². The second kappa shape index (κ2) is 5.59. The third kappa shape index (κ3) is 3.06. The van der Waals surface area contributed by atoms with Gasteiger partial charge in [0.15, 0.2) is 0 Å². The van der Waals surface area contributed by atoms with Crippen LogP contribution in [-0.2, 0) is 4.74 Å². The van der Waals surface area contributed by atoms with Crippen molar-refractivity contribution in [3.05, 3.63) is 42.5 Å². The molecule has 100 valence electrons. The highest BCUT2D eigenvalue weighted by Crippen LogP contribution is 2.20. The third-order valence-corrected chi connectivity index (χ3v) is 3.45. The Labute approximate surface area is 113 Å². The first-order valence-corrected chi connectivity index (χ1v) is 6.78. The average molecular weight is 257 g/mol. The Hall–Kier alpha value is -1.58. The Balaban J connectivity index is 1.62. The lowest BCUT2D eigenvalue weighted by Crippen LogP contribution is -2.48. The number of rotatable bonds is 3. The van der Waals surface area contributed by atoms with Gasteiger partial charge in [-0.05, 0) is 29.8 Å². The molecule has 0 bridgehead atoms. The van der Waals surface area contributed by atoms with Crippen LogP contribution in [0.2, 0.25) is 0 Å². The highest BCUT2D eigenvalue weighted by molar-refractivity contribution is 5.83. The van der Waals surface area contributed by atoms with E-state index in [4.69, 9.17) is 9.47 Å². The van der Waals surface area contributed by atoms with Crippen molar-refractivity contribution in [1.82, 2.24) is 5.32 Å². The first kappa shape index (κ1) is 12.5. The minimum absolute atomic E-state index is 0.280. The van der Waals surface area contributed by atoms with E-state index in [9.17, 15) is 0 Å². The van der Waals surface area contributed by atoms with Gasteiger partial charge in [-0.25, -0.2) is 0 Å². The number of hydrogen-bond acceptors (Lipinski definition) is 3. The predicted octanol–water partition coefficient (Wildman–Crippen LogP) is 2.60. The molecule has 1 aliphatic rings. The lowest BCUT2D eigenvalue weighted by molar-refractivity contribution is 0.00458. The summed E-state index contributed by atoms with van der Waals surface area (Å²) in [5, 5.41) is 5.87. The van der Waals surface area contributed by atoms with E-state index in [0.29, 0.717) is 12.7 Å². The smallest absolute Gasteiger partial charge is 0.120 e. The Morgan fingerprint density at radius 3 is 2.84 bits per heavy atom. The van der Waals surface area contributed by atoms with Gasteiger partial charge in [0, 0.05) is 6.54 Å². The molecular weight excluding hydrogens is 238 g/mol. The molecule has 3 nitrogen and oxygen atoms in total. The van der Waals surface area contributed by atoms with Gasteiger partial charge in [-0.2, -0.15) is 0 Å². The van der Waals surface area contributed by atoms with Gasteiger partial charge in [0.05, 0.1) is 18.8 Å². The number of ether oxygens (including phenoxy) is 2. The highest BCUT2D eigenvalue weighted by Gasteiger charge is 2.18. The summed E-state index contributed by atoms with van der Waals surface area (Å²) in [5.41, 5.74) is 0. The second-order valence-electron chi connectivity index (χ2n) is 5.07. The van der Waals surface area contributed by atoms with Crippen LogP contribution in [0.4, 0.5) is 0 Å². The van der Waals surface area contributed by atoms with E-state index in [0.717, 1.165) is 18.9 Å². The van der Waals surface area contributed by atoms with Crippen LogP contribution in [0.3, 0.4) is 0 Å². The van der Waals surface area contributed by atoms with Gasteiger partial charge in [0.2, 0.25) is 0 Å². The minimum atomic E-state index is 0.280. The van der Waals surface area contributed by atoms with E-state index < -0.39 is 0 Å². The van der Waals surface area contributed by atoms with Crippen LogP contribution in [0.5, 0.6) is 5.75 Å². The monoisotopic (exact) mass is 257 g/mol. The molecule has 3 rings (SSSR count). The fraction of sp³-hybridized carbons (Fsp3) is 0.375. The Morgan fingerprint density at radius 2 is 2.05 bits per heavy atom. The molecule has 1 saturated heterocycles. The lowest BCUT2D eigenvalue weighted by Gasteiger charge is -2.28. The standard InChI is InChI=1S/C16H19NO2/c1-12-9-17-15(10-18-12)11-19-16-7-6-13-4-2-3-5-14(13)8-16/h2-8,12,15,17H,9-11H2,1H3.